The summed E-state index contributed by atoms with van der Waals surface area (Å²) in [5.74, 6) is 0. The number of allylic oxidation sites excluding steroid dienone is 1. The first-order chi connectivity index (χ1) is 24.4. The van der Waals surface area contributed by atoms with E-state index in [-0.39, 0.29) is 0 Å². The number of hydrogen-bond donors (Lipinski definition) is 0. The molecule has 3 aromatic heterocycles. The van der Waals surface area contributed by atoms with Gasteiger partial charge in [0, 0.05) is 42.8 Å². The Morgan fingerprint density at radius 1 is 0.735 bits per heavy atom. The molecule has 2 aliphatic heterocycles. The fraction of sp³-hybridized carbons (Fsp3) is 0.217. The van der Waals surface area contributed by atoms with Crippen molar-refractivity contribution >= 4 is 28.0 Å². The third kappa shape index (κ3) is 3.73. The largest absolute Gasteiger partial charge is 0.454 e. The first-order valence-corrected chi connectivity index (χ1v) is 17.4. The van der Waals surface area contributed by atoms with E-state index >= 15 is 0 Å². The second-order valence-electron chi connectivity index (χ2n) is 15.3. The summed E-state index contributed by atoms with van der Waals surface area (Å²) in [6, 6.07) is 32.8. The van der Waals surface area contributed by atoms with Gasteiger partial charge in [0.15, 0.2) is 12.4 Å². The Bertz CT molecular complexity index is 2660. The van der Waals surface area contributed by atoms with Crippen LogP contribution < -0.4 is 9.13 Å². The maximum atomic E-state index is 9.81. The molecular weight excluding hydrogens is 597 g/mol. The molecule has 0 radical (unpaired) electrons. The monoisotopic (exact) mass is 638 g/mol. The number of pyridine rings is 2. The summed E-state index contributed by atoms with van der Waals surface area (Å²) < 4.78 is 31.6. The van der Waals surface area contributed by atoms with Crippen molar-refractivity contribution in [2.75, 3.05) is 0 Å². The fourth-order valence-corrected chi connectivity index (χ4v) is 9.11. The van der Waals surface area contributed by atoms with Crippen molar-refractivity contribution in [2.24, 2.45) is 5.41 Å². The maximum Gasteiger partial charge on any atom is 0.417 e. The van der Waals surface area contributed by atoms with Gasteiger partial charge < -0.3 is 4.42 Å². The molecule has 1 unspecified atom stereocenters. The van der Waals surface area contributed by atoms with Crippen molar-refractivity contribution in [1.29, 1.82) is 0 Å². The van der Waals surface area contributed by atoms with Crippen LogP contribution in [0, 0.1) is 19.3 Å². The van der Waals surface area contributed by atoms with Crippen LogP contribution in [0.3, 0.4) is 0 Å². The SMILES string of the molecule is [2H]C([2H])(c1cc2[n+](cc1-c1c(C)cccc1C)C1(c3ccccc3-c3cccc[n+]31)c1ccc3c(oc4c5c(ccc43)CC(C)=C5)c1-2)C(C)(C)C. The Hall–Kier alpha value is -5.28. The van der Waals surface area contributed by atoms with Gasteiger partial charge >= 0.3 is 5.66 Å². The van der Waals surface area contributed by atoms with E-state index in [9.17, 15) is 2.74 Å². The normalized spacial score (nSPS) is 17.9. The van der Waals surface area contributed by atoms with Gasteiger partial charge in [-0.3, -0.25) is 0 Å². The van der Waals surface area contributed by atoms with Crippen LogP contribution in [-0.2, 0) is 18.5 Å². The molecule has 0 bridgehead atoms. The number of hydrogen-bond acceptors (Lipinski definition) is 1. The maximum absolute atomic E-state index is 9.81. The van der Waals surface area contributed by atoms with Crippen LogP contribution in [-0.4, -0.2) is 0 Å². The summed E-state index contributed by atoms with van der Waals surface area (Å²) in [5, 5.41) is 2.19. The van der Waals surface area contributed by atoms with Gasteiger partial charge in [0.1, 0.15) is 27.9 Å². The highest BCUT2D eigenvalue weighted by Crippen LogP contribution is 2.52. The van der Waals surface area contributed by atoms with Crippen LogP contribution in [0.15, 0.2) is 113 Å². The van der Waals surface area contributed by atoms with Gasteiger partial charge in [0.2, 0.25) is 11.4 Å². The summed E-state index contributed by atoms with van der Waals surface area (Å²) in [6.45, 7) is 12.5. The summed E-state index contributed by atoms with van der Waals surface area (Å²) in [5.41, 5.74) is 15.7. The van der Waals surface area contributed by atoms with E-state index in [1.807, 2.05) is 20.8 Å². The topological polar surface area (TPSA) is 20.9 Å². The molecule has 1 spiro atoms. The first-order valence-electron chi connectivity index (χ1n) is 18.4. The minimum Gasteiger partial charge on any atom is -0.454 e. The Morgan fingerprint density at radius 3 is 2.31 bits per heavy atom. The van der Waals surface area contributed by atoms with Crippen molar-refractivity contribution in [1.82, 2.24) is 0 Å². The number of nitrogens with zero attached hydrogens (tertiary/aromatic N) is 2. The molecule has 1 aliphatic carbocycles. The Balaban J connectivity index is 1.42. The summed E-state index contributed by atoms with van der Waals surface area (Å²) in [6.07, 6.45) is 6.01. The number of fused-ring (bicyclic) bond motifs is 16. The van der Waals surface area contributed by atoms with Gasteiger partial charge in [-0.15, -0.1) is 9.13 Å². The lowest BCUT2D eigenvalue weighted by Crippen LogP contribution is -2.71. The molecule has 10 rings (SSSR count). The summed E-state index contributed by atoms with van der Waals surface area (Å²) >= 11 is 0. The van der Waals surface area contributed by atoms with E-state index in [4.69, 9.17) is 4.42 Å². The fourth-order valence-electron chi connectivity index (χ4n) is 9.11. The van der Waals surface area contributed by atoms with Crippen LogP contribution >= 0.6 is 0 Å². The van der Waals surface area contributed by atoms with Gasteiger partial charge in [0.25, 0.3) is 0 Å². The lowest BCUT2D eigenvalue weighted by Gasteiger charge is -2.23. The van der Waals surface area contributed by atoms with Crippen LogP contribution in [0.1, 0.15) is 69.4 Å². The van der Waals surface area contributed by atoms with Crippen molar-refractivity contribution in [3.8, 4) is 33.6 Å². The van der Waals surface area contributed by atoms with Crippen LogP contribution in [0.25, 0.3) is 61.7 Å². The molecule has 49 heavy (non-hydrogen) atoms. The van der Waals surface area contributed by atoms with Gasteiger partial charge in [-0.05, 0) is 97.1 Å². The predicted octanol–water partition coefficient (Wildman–Crippen LogP) is 10.3. The molecule has 1 atom stereocenters. The minimum atomic E-state index is -1.66. The minimum absolute atomic E-state index is 0.673. The molecule has 4 aromatic carbocycles. The zero-order valence-electron chi connectivity index (χ0n) is 30.9. The molecule has 7 aromatic rings. The average molecular weight is 639 g/mol. The van der Waals surface area contributed by atoms with Crippen LogP contribution in [0.5, 0.6) is 0 Å². The number of furan rings is 1. The van der Waals surface area contributed by atoms with E-state index in [1.54, 1.807) is 0 Å². The quantitative estimate of drug-likeness (QED) is 0.173. The lowest BCUT2D eigenvalue weighted by atomic mass is 9.83. The van der Waals surface area contributed by atoms with E-state index in [0.717, 1.165) is 73.1 Å². The Labute approximate surface area is 290 Å². The molecule has 238 valence electrons. The number of benzene rings is 4. The average Bonchev–Trinajstić information content (AvgIpc) is 3.83. The summed E-state index contributed by atoms with van der Waals surface area (Å²) in [7, 11) is 0. The molecule has 3 nitrogen and oxygen atoms in total. The third-order valence-corrected chi connectivity index (χ3v) is 10.9. The first kappa shape index (κ1) is 26.6. The molecule has 0 saturated heterocycles. The zero-order chi connectivity index (χ0) is 35.2. The lowest BCUT2D eigenvalue weighted by molar-refractivity contribution is -0.954. The van der Waals surface area contributed by atoms with Crippen LogP contribution in [0.4, 0.5) is 0 Å². The smallest absolute Gasteiger partial charge is 0.417 e. The predicted molar refractivity (Wildman–Crippen MR) is 198 cm³/mol. The second kappa shape index (κ2) is 9.66. The molecular formula is C46H40N2O+2. The van der Waals surface area contributed by atoms with E-state index in [1.165, 1.54) is 27.8 Å². The molecule has 0 saturated carbocycles. The molecule has 0 N–H and O–H groups in total. The zero-order valence-corrected chi connectivity index (χ0v) is 28.9. The molecule has 3 heteroatoms. The van der Waals surface area contributed by atoms with Gasteiger partial charge in [0.05, 0.1) is 5.56 Å². The molecule has 3 aliphatic rings. The van der Waals surface area contributed by atoms with Crippen LogP contribution in [0.2, 0.25) is 0 Å². The van der Waals surface area contributed by atoms with Gasteiger partial charge in [-0.1, -0.05) is 74.9 Å². The summed E-state index contributed by atoms with van der Waals surface area (Å²) in [4.78, 5) is 0. The van der Waals surface area contributed by atoms with Gasteiger partial charge in [-0.2, -0.15) is 0 Å². The number of rotatable bonds is 2. The molecule has 0 amide bonds. The molecule has 5 heterocycles. The standard InChI is InChI=1S/C46H40N2O/c1-27-22-30-17-18-32-33-19-20-38-42(44(33)49-43(32)35(30)23-27)40-24-31(25-45(4,5)6)36(41-28(2)12-11-13-29(41)3)26-48(40)46(38)37-15-8-7-14-34(37)39-16-9-10-21-47(39)46/h7-21,23-24,26H,22,25H2,1-6H3/q+2/i25D2. The third-order valence-electron chi connectivity index (χ3n) is 10.9. The highest BCUT2D eigenvalue weighted by molar-refractivity contribution is 6.12. The van der Waals surface area contributed by atoms with Gasteiger partial charge in [-0.25, -0.2) is 0 Å². The number of aromatic nitrogens is 2. The van der Waals surface area contributed by atoms with E-state index in [0.29, 0.717) is 5.56 Å². The Morgan fingerprint density at radius 2 is 1.49 bits per heavy atom. The number of aryl methyl sites for hydroxylation is 2. The highest BCUT2D eigenvalue weighted by atomic mass is 16.3. The highest BCUT2D eigenvalue weighted by Gasteiger charge is 2.67. The Kier molecular flexibility index (Phi) is 5.26. The molecule has 0 fully saturated rings. The second-order valence-corrected chi connectivity index (χ2v) is 15.3. The van der Waals surface area contributed by atoms with Crippen molar-refractivity contribution < 1.29 is 16.3 Å². The van der Waals surface area contributed by atoms with Crippen molar-refractivity contribution in [3.05, 3.63) is 148 Å². The van der Waals surface area contributed by atoms with Crippen molar-refractivity contribution in [2.45, 2.75) is 60.0 Å². The van der Waals surface area contributed by atoms with Crippen molar-refractivity contribution in [3.63, 3.8) is 0 Å². The van der Waals surface area contributed by atoms with E-state index in [2.05, 4.69) is 139 Å². The van der Waals surface area contributed by atoms with E-state index < -0.39 is 17.5 Å².